The lowest BCUT2D eigenvalue weighted by Gasteiger charge is -2.24. The fourth-order valence-corrected chi connectivity index (χ4v) is 7.49. The molecule has 4 aromatic carbocycles. The van der Waals surface area contributed by atoms with Gasteiger partial charge in [-0.15, -0.1) is 0 Å². The van der Waals surface area contributed by atoms with Crippen molar-refractivity contribution in [1.82, 2.24) is 4.98 Å². The molecule has 0 radical (unpaired) electrons. The topological polar surface area (TPSA) is 28.9 Å². The van der Waals surface area contributed by atoms with Crippen molar-refractivity contribution in [1.29, 1.82) is 0 Å². The van der Waals surface area contributed by atoms with Crippen molar-refractivity contribution in [3.63, 3.8) is 0 Å². The third-order valence-electron chi connectivity index (χ3n) is 9.76. The third kappa shape index (κ3) is 3.59. The van der Waals surface area contributed by atoms with Crippen LogP contribution in [-0.2, 0) is 11.8 Å². The van der Waals surface area contributed by atoms with Gasteiger partial charge >= 0.3 is 0 Å². The number of H-pyrrole nitrogens is 1. The molecular weight excluding hydrogens is 522 g/mol. The van der Waals surface area contributed by atoms with Gasteiger partial charge in [-0.25, -0.2) is 0 Å². The Kier molecular flexibility index (Phi) is 5.11. The lowest BCUT2D eigenvalue weighted by molar-refractivity contribution is 0.509. The van der Waals surface area contributed by atoms with Crippen LogP contribution in [-0.4, -0.2) is 4.98 Å². The van der Waals surface area contributed by atoms with Gasteiger partial charge in [0, 0.05) is 50.3 Å². The smallest absolute Gasteiger partial charge is 0.142 e. The van der Waals surface area contributed by atoms with E-state index in [1.54, 1.807) is 0 Å². The van der Waals surface area contributed by atoms with Crippen molar-refractivity contribution < 1.29 is 4.42 Å². The average molecular weight is 554 g/mol. The van der Waals surface area contributed by atoms with Crippen molar-refractivity contribution in [3.8, 4) is 22.3 Å². The Labute approximate surface area is 251 Å². The zero-order valence-electron chi connectivity index (χ0n) is 24.4. The van der Waals surface area contributed by atoms with Crippen LogP contribution in [0.4, 0.5) is 0 Å². The zero-order valence-corrected chi connectivity index (χ0v) is 24.4. The van der Waals surface area contributed by atoms with Crippen LogP contribution in [0.2, 0.25) is 0 Å². The summed E-state index contributed by atoms with van der Waals surface area (Å²) in [7, 11) is 0. The first kappa shape index (κ1) is 24.5. The summed E-state index contributed by atoms with van der Waals surface area (Å²) in [6.45, 7) is 4.75. The Bertz CT molecular complexity index is 2240. The molecule has 3 aliphatic carbocycles. The Morgan fingerprint density at radius 2 is 1.37 bits per heavy atom. The molecule has 3 aliphatic rings. The standard InChI is InChI=1S/C41H31NO/c1-41(2)34-14-9-13-30-29-12-7-4-8-15-38(29)43-40(30)39(34)31-19-16-28(24-35(31)41)27-18-21-37-33(23-27)32-22-26(17-20-36(32)42-37)25-10-5-3-6-11-25/h3-13,16-24,42H,14-15H2,1-2H3. The highest BCUT2D eigenvalue weighted by Gasteiger charge is 2.40. The number of allylic oxidation sites excluding steroid dienone is 5. The van der Waals surface area contributed by atoms with E-state index >= 15 is 0 Å². The molecule has 0 amide bonds. The molecule has 2 nitrogen and oxygen atoms in total. The minimum absolute atomic E-state index is 0.0952. The molecule has 0 atom stereocenters. The van der Waals surface area contributed by atoms with E-state index < -0.39 is 0 Å². The number of aromatic nitrogens is 1. The zero-order chi connectivity index (χ0) is 28.7. The molecule has 0 fully saturated rings. The first-order valence-corrected chi connectivity index (χ1v) is 15.2. The van der Waals surface area contributed by atoms with Crippen LogP contribution in [0, 0.1) is 0 Å². The Morgan fingerprint density at radius 3 is 2.16 bits per heavy atom. The molecular formula is C41H31NO. The summed E-state index contributed by atoms with van der Waals surface area (Å²) >= 11 is 0. The quantitative estimate of drug-likeness (QED) is 0.227. The Hall–Kier alpha value is -5.08. The summed E-state index contributed by atoms with van der Waals surface area (Å²) in [6, 6.07) is 31.2. The normalized spacial score (nSPS) is 16.2. The van der Waals surface area contributed by atoms with Gasteiger partial charge in [-0.05, 0) is 75.7 Å². The Balaban J connectivity index is 1.17. The predicted molar refractivity (Wildman–Crippen MR) is 180 cm³/mol. The van der Waals surface area contributed by atoms with Gasteiger partial charge in [0.15, 0.2) is 0 Å². The lowest BCUT2D eigenvalue weighted by atomic mass is 9.79. The lowest BCUT2D eigenvalue weighted by Crippen LogP contribution is -2.17. The van der Waals surface area contributed by atoms with Crippen LogP contribution in [0.25, 0.3) is 61.8 Å². The molecule has 9 rings (SSSR count). The summed E-state index contributed by atoms with van der Waals surface area (Å²) in [6.07, 6.45) is 15.0. The number of hydrogen-bond acceptors (Lipinski definition) is 1. The van der Waals surface area contributed by atoms with E-state index in [2.05, 4.69) is 140 Å². The monoisotopic (exact) mass is 553 g/mol. The van der Waals surface area contributed by atoms with Gasteiger partial charge in [0.1, 0.15) is 11.5 Å². The number of furan rings is 1. The first-order valence-electron chi connectivity index (χ1n) is 15.2. The van der Waals surface area contributed by atoms with E-state index in [4.69, 9.17) is 4.42 Å². The largest absolute Gasteiger partial charge is 0.459 e. The van der Waals surface area contributed by atoms with Gasteiger partial charge in [-0.1, -0.05) is 105 Å². The van der Waals surface area contributed by atoms with Crippen LogP contribution >= 0.6 is 0 Å². The molecule has 0 saturated heterocycles. The number of hydrogen-bond donors (Lipinski definition) is 1. The molecule has 1 N–H and O–H groups in total. The van der Waals surface area contributed by atoms with Crippen LogP contribution in [0.5, 0.6) is 0 Å². The molecule has 43 heavy (non-hydrogen) atoms. The second-order valence-electron chi connectivity index (χ2n) is 12.5. The summed E-state index contributed by atoms with van der Waals surface area (Å²) in [5.74, 6) is 2.08. The van der Waals surface area contributed by atoms with Gasteiger partial charge in [0.25, 0.3) is 0 Å². The second-order valence-corrected chi connectivity index (χ2v) is 12.5. The molecule has 0 aliphatic heterocycles. The number of nitrogens with one attached hydrogen (secondary N) is 1. The molecule has 0 bridgehead atoms. The third-order valence-corrected chi connectivity index (χ3v) is 9.76. The van der Waals surface area contributed by atoms with Crippen LogP contribution in [0.3, 0.4) is 0 Å². The van der Waals surface area contributed by atoms with E-state index in [0.29, 0.717) is 0 Å². The minimum Gasteiger partial charge on any atom is -0.459 e. The average Bonchev–Trinajstić information content (AvgIpc) is 3.48. The summed E-state index contributed by atoms with van der Waals surface area (Å²) in [4.78, 5) is 3.63. The molecule has 0 saturated carbocycles. The minimum atomic E-state index is -0.0952. The maximum absolute atomic E-state index is 6.67. The summed E-state index contributed by atoms with van der Waals surface area (Å²) < 4.78 is 6.67. The summed E-state index contributed by atoms with van der Waals surface area (Å²) in [5, 5.41) is 2.52. The van der Waals surface area contributed by atoms with Crippen molar-refractivity contribution in [2.75, 3.05) is 0 Å². The number of benzene rings is 4. The van der Waals surface area contributed by atoms with E-state index in [-0.39, 0.29) is 5.41 Å². The van der Waals surface area contributed by atoms with Crippen LogP contribution in [0.15, 0.2) is 119 Å². The summed E-state index contributed by atoms with van der Waals surface area (Å²) in [5.41, 5.74) is 15.0. The number of fused-ring (bicyclic) bond motifs is 9. The molecule has 2 heterocycles. The van der Waals surface area contributed by atoms with Crippen molar-refractivity contribution in [2.24, 2.45) is 0 Å². The highest BCUT2D eigenvalue weighted by Crippen LogP contribution is 2.53. The van der Waals surface area contributed by atoms with E-state index in [9.17, 15) is 0 Å². The van der Waals surface area contributed by atoms with Gasteiger partial charge in [0.2, 0.25) is 0 Å². The van der Waals surface area contributed by atoms with Crippen LogP contribution < -0.4 is 0 Å². The maximum atomic E-state index is 6.67. The van der Waals surface area contributed by atoms with Gasteiger partial charge in [-0.3, -0.25) is 0 Å². The van der Waals surface area contributed by atoms with Gasteiger partial charge in [0.05, 0.1) is 0 Å². The molecule has 6 aromatic rings. The van der Waals surface area contributed by atoms with E-state index in [0.717, 1.165) is 24.4 Å². The molecule has 0 spiro atoms. The van der Waals surface area contributed by atoms with Gasteiger partial charge < -0.3 is 9.40 Å². The number of rotatable bonds is 2. The predicted octanol–water partition coefficient (Wildman–Crippen LogP) is 10.9. The molecule has 0 unspecified atom stereocenters. The highest BCUT2D eigenvalue weighted by molar-refractivity contribution is 6.10. The highest BCUT2D eigenvalue weighted by atomic mass is 16.3. The van der Waals surface area contributed by atoms with Crippen molar-refractivity contribution >= 4 is 39.5 Å². The second kappa shape index (κ2) is 8.96. The van der Waals surface area contributed by atoms with Crippen molar-refractivity contribution in [3.05, 3.63) is 149 Å². The molecule has 2 heteroatoms. The van der Waals surface area contributed by atoms with Crippen LogP contribution in [0.1, 0.15) is 54.0 Å². The maximum Gasteiger partial charge on any atom is 0.142 e. The Morgan fingerprint density at radius 1 is 0.651 bits per heavy atom. The number of aromatic amines is 1. The molecule has 2 aromatic heterocycles. The SMILES string of the molecule is CC1(C)C2=C(c3ccc(-c4ccc5[nH]c6ccc(-c7ccccc7)cc6c5c4)cc31)c1oc3c(c1C=CC2)C=CC=CC3. The van der Waals surface area contributed by atoms with E-state index in [1.165, 1.54) is 77.5 Å². The van der Waals surface area contributed by atoms with Gasteiger partial charge in [-0.2, -0.15) is 0 Å². The fraction of sp³-hybridized carbons (Fsp3) is 0.122. The van der Waals surface area contributed by atoms with Crippen molar-refractivity contribution in [2.45, 2.75) is 32.1 Å². The fourth-order valence-electron chi connectivity index (χ4n) is 7.49. The van der Waals surface area contributed by atoms with E-state index in [1.807, 2.05) is 0 Å². The molecule has 206 valence electrons. The first-order chi connectivity index (χ1) is 21.1.